The van der Waals surface area contributed by atoms with Gasteiger partial charge in [-0.3, -0.25) is 14.2 Å². The minimum absolute atomic E-state index is 0.0512. The smallest absolute Gasteiger partial charge is 0.344 e. The quantitative estimate of drug-likeness (QED) is 0.323. The van der Waals surface area contributed by atoms with E-state index in [1.165, 1.54) is 0 Å². The van der Waals surface area contributed by atoms with Crippen LogP contribution in [-0.4, -0.2) is 52.4 Å². The van der Waals surface area contributed by atoms with Gasteiger partial charge >= 0.3 is 16.4 Å². The molecule has 12 nitrogen and oxygen atoms in total. The largest absolute Gasteiger partial charge is 0.418 e. The molecule has 1 atom stereocenters. The summed E-state index contributed by atoms with van der Waals surface area (Å²) in [5, 5.41) is 0. The van der Waals surface area contributed by atoms with Crippen molar-refractivity contribution in [1.29, 1.82) is 0 Å². The maximum absolute atomic E-state index is 12.3. The number of H-pyrrole nitrogens is 1. The van der Waals surface area contributed by atoms with Crippen molar-refractivity contribution in [2.24, 2.45) is 0 Å². The molecule has 0 bridgehead atoms. The Morgan fingerprint density at radius 2 is 2.08 bits per heavy atom. The average Bonchev–Trinajstić information content (AvgIpc) is 2.97. The van der Waals surface area contributed by atoms with Crippen LogP contribution < -0.4 is 11.0 Å². The number of urea groups is 1. The summed E-state index contributed by atoms with van der Waals surface area (Å²) in [6, 6.07) is -1.93. The van der Waals surface area contributed by atoms with Gasteiger partial charge < -0.3 is 9.88 Å². The lowest BCUT2D eigenvalue weighted by atomic mass is 10.1. The first-order chi connectivity index (χ1) is 12.2. The second-order valence-corrected chi connectivity index (χ2v) is 6.28. The van der Waals surface area contributed by atoms with Gasteiger partial charge in [-0.15, -0.1) is 4.28 Å². The Bertz CT molecular complexity index is 705. The molecule has 0 unspecified atom stereocenters. The van der Waals surface area contributed by atoms with Crippen LogP contribution in [0.15, 0.2) is 6.20 Å². The third-order valence-corrected chi connectivity index (χ3v) is 3.53. The molecule has 1 heterocycles. The van der Waals surface area contributed by atoms with Crippen molar-refractivity contribution in [3.05, 3.63) is 17.7 Å². The highest BCUT2D eigenvalue weighted by Gasteiger charge is 2.29. The van der Waals surface area contributed by atoms with E-state index >= 15 is 0 Å². The second kappa shape index (κ2) is 10.1. The first-order valence-corrected chi connectivity index (χ1v) is 9.19. The molecule has 4 N–H and O–H groups in total. The van der Waals surface area contributed by atoms with Gasteiger partial charge in [0.2, 0.25) is 0 Å². The predicted octanol–water partition coefficient (Wildman–Crippen LogP) is 0.201. The Kier molecular flexibility index (Phi) is 8.44. The molecule has 1 aromatic rings. The topological polar surface area (TPSA) is 163 Å². The molecule has 13 heteroatoms. The Morgan fingerprint density at radius 1 is 1.38 bits per heavy atom. The number of amides is 3. The average molecular weight is 393 g/mol. The van der Waals surface area contributed by atoms with Crippen molar-refractivity contribution >= 4 is 22.3 Å². The number of aromatic amines is 1. The van der Waals surface area contributed by atoms with E-state index in [2.05, 4.69) is 19.7 Å². The zero-order valence-electron chi connectivity index (χ0n) is 14.7. The lowest BCUT2D eigenvalue weighted by molar-refractivity contribution is -0.139. The first kappa shape index (κ1) is 21.8. The third-order valence-electron chi connectivity index (χ3n) is 3.23. The van der Waals surface area contributed by atoms with E-state index in [4.69, 9.17) is 9.39 Å². The summed E-state index contributed by atoms with van der Waals surface area (Å²) >= 11 is 0. The van der Waals surface area contributed by atoms with Crippen molar-refractivity contribution < 1.29 is 31.7 Å². The number of hydroxylamine groups is 2. The van der Waals surface area contributed by atoms with Crippen LogP contribution in [0.3, 0.4) is 0 Å². The van der Waals surface area contributed by atoms with Gasteiger partial charge in [-0.05, 0) is 20.3 Å². The highest BCUT2D eigenvalue weighted by Crippen LogP contribution is 2.09. The molecular formula is C13H23N5O7S. The number of nitrogens with one attached hydrogen (secondary N) is 3. The molecule has 0 aliphatic carbocycles. The summed E-state index contributed by atoms with van der Waals surface area (Å²) in [6.07, 6.45) is 2.43. The Hall–Kier alpha value is -2.22. The van der Waals surface area contributed by atoms with Gasteiger partial charge in [0.15, 0.2) is 0 Å². The number of carbonyl (C=O) groups is 2. The van der Waals surface area contributed by atoms with Gasteiger partial charge in [0.05, 0.1) is 11.9 Å². The molecule has 0 aliphatic rings. The lowest BCUT2D eigenvalue weighted by Crippen LogP contribution is -2.52. The molecule has 0 spiro atoms. The third kappa shape index (κ3) is 7.35. The fraction of sp³-hybridized carbons (Fsp3) is 0.615. The summed E-state index contributed by atoms with van der Waals surface area (Å²) < 4.78 is 33.4. The minimum atomic E-state index is -4.86. The Labute approximate surface area is 151 Å². The van der Waals surface area contributed by atoms with Gasteiger partial charge in [-0.25, -0.2) is 15.3 Å². The lowest BCUT2D eigenvalue weighted by Gasteiger charge is -2.29. The molecule has 0 radical (unpaired) electrons. The van der Waals surface area contributed by atoms with E-state index in [9.17, 15) is 18.0 Å². The van der Waals surface area contributed by atoms with E-state index in [0.29, 0.717) is 24.4 Å². The number of hydrogen-bond donors (Lipinski definition) is 4. The molecule has 0 aromatic carbocycles. The van der Waals surface area contributed by atoms with E-state index in [1.807, 2.05) is 6.92 Å². The maximum atomic E-state index is 12.3. The highest BCUT2D eigenvalue weighted by atomic mass is 32.3. The van der Waals surface area contributed by atoms with Gasteiger partial charge in [0.25, 0.3) is 5.91 Å². The normalized spacial score (nSPS) is 12.5. The van der Waals surface area contributed by atoms with Crippen LogP contribution in [0, 0.1) is 6.92 Å². The Balaban J connectivity index is 2.66. The summed E-state index contributed by atoms with van der Waals surface area (Å²) in [5.41, 5.74) is 4.47. The highest BCUT2D eigenvalue weighted by molar-refractivity contribution is 7.80. The summed E-state index contributed by atoms with van der Waals surface area (Å²) in [7, 11) is -4.86. The van der Waals surface area contributed by atoms with E-state index in [-0.39, 0.29) is 13.2 Å². The summed E-state index contributed by atoms with van der Waals surface area (Å²) in [5.74, 6) is 0.110. The zero-order chi connectivity index (χ0) is 19.7. The van der Waals surface area contributed by atoms with Crippen molar-refractivity contribution in [2.75, 3.05) is 6.54 Å². The van der Waals surface area contributed by atoms with Crippen LogP contribution >= 0.6 is 0 Å². The molecular weight excluding hydrogens is 370 g/mol. The van der Waals surface area contributed by atoms with E-state index in [1.54, 1.807) is 25.5 Å². The second-order valence-electron chi connectivity index (χ2n) is 5.26. The zero-order valence-corrected chi connectivity index (χ0v) is 15.5. The monoisotopic (exact) mass is 393 g/mol. The van der Waals surface area contributed by atoms with Crippen molar-refractivity contribution in [3.8, 4) is 0 Å². The van der Waals surface area contributed by atoms with Crippen molar-refractivity contribution in [1.82, 2.24) is 25.8 Å². The molecule has 3 amide bonds. The predicted molar refractivity (Wildman–Crippen MR) is 88.5 cm³/mol. The van der Waals surface area contributed by atoms with Crippen LogP contribution in [0.4, 0.5) is 4.79 Å². The Morgan fingerprint density at radius 3 is 2.58 bits per heavy atom. The van der Waals surface area contributed by atoms with Crippen LogP contribution in [0.1, 0.15) is 38.2 Å². The first-order valence-electron chi connectivity index (χ1n) is 7.82. The molecule has 0 saturated carbocycles. The number of nitrogens with zero attached hydrogens (tertiary/aromatic N) is 2. The van der Waals surface area contributed by atoms with E-state index < -0.39 is 28.4 Å². The van der Waals surface area contributed by atoms with Gasteiger partial charge in [0.1, 0.15) is 18.5 Å². The van der Waals surface area contributed by atoms with Crippen LogP contribution in [-0.2, 0) is 30.9 Å². The number of aromatic nitrogens is 2. The van der Waals surface area contributed by atoms with Crippen LogP contribution in [0.25, 0.3) is 0 Å². The standard InChI is InChI=1S/C13H23N5O7S/c1-4-6-11(18(5-2)13(20)17-25-26(21,22)23)12(19)16-24-8-10-7-14-9(3)15-10/h7,11H,4-6,8H2,1-3H3,(H,14,15)(H,16,19)(H,17,20)(H,21,22,23)/t11-/m0/s1. The molecule has 0 aliphatic heterocycles. The molecule has 148 valence electrons. The number of imidazole rings is 1. The summed E-state index contributed by atoms with van der Waals surface area (Å²) in [4.78, 5) is 37.4. The van der Waals surface area contributed by atoms with E-state index in [0.717, 1.165) is 4.90 Å². The maximum Gasteiger partial charge on any atom is 0.418 e. The fourth-order valence-corrected chi connectivity index (χ4v) is 2.33. The molecule has 0 fully saturated rings. The molecule has 0 saturated heterocycles. The van der Waals surface area contributed by atoms with Crippen molar-refractivity contribution in [2.45, 2.75) is 46.3 Å². The molecule has 1 aromatic heterocycles. The van der Waals surface area contributed by atoms with Crippen molar-refractivity contribution in [3.63, 3.8) is 0 Å². The van der Waals surface area contributed by atoms with Gasteiger partial charge in [0, 0.05) is 6.54 Å². The molecule has 1 rings (SSSR count). The molecule has 26 heavy (non-hydrogen) atoms. The SMILES string of the molecule is CCC[C@@H](C(=O)NOCc1cnc(C)[nH]1)N(CC)C(=O)NOS(=O)(=O)O. The number of carbonyl (C=O) groups excluding carboxylic acids is 2. The van der Waals surface area contributed by atoms with Crippen LogP contribution in [0.5, 0.6) is 0 Å². The number of hydrogen-bond acceptors (Lipinski definition) is 7. The number of aryl methyl sites for hydroxylation is 1. The number of rotatable bonds is 10. The number of likely N-dealkylation sites (N-methyl/N-ethyl adjacent to an activating group) is 1. The van der Waals surface area contributed by atoms with Gasteiger partial charge in [-0.1, -0.05) is 13.3 Å². The minimum Gasteiger partial charge on any atom is -0.344 e. The van der Waals surface area contributed by atoms with Crippen LogP contribution in [0.2, 0.25) is 0 Å². The fourth-order valence-electron chi connectivity index (χ4n) is 2.15. The van der Waals surface area contributed by atoms with Gasteiger partial charge in [-0.2, -0.15) is 13.9 Å². The summed E-state index contributed by atoms with van der Waals surface area (Å²) in [6.45, 7) is 5.31.